The van der Waals surface area contributed by atoms with Crippen molar-refractivity contribution >= 4 is 17.3 Å². The molecule has 0 bridgehead atoms. The first-order valence-corrected chi connectivity index (χ1v) is 7.40. The Hall–Kier alpha value is -2.29. The Morgan fingerprint density at radius 2 is 1.90 bits per heavy atom. The van der Waals surface area contributed by atoms with Gasteiger partial charge in [-0.05, 0) is 43.0 Å². The van der Waals surface area contributed by atoms with Gasteiger partial charge in [0.25, 0.3) is 0 Å². The molecule has 0 aromatic heterocycles. The summed E-state index contributed by atoms with van der Waals surface area (Å²) in [4.78, 5) is 14.5. The lowest BCUT2D eigenvalue weighted by atomic mass is 10.1. The van der Waals surface area contributed by atoms with E-state index in [0.717, 1.165) is 23.4 Å². The fourth-order valence-electron chi connectivity index (χ4n) is 3.07. The average molecular weight is 280 g/mol. The summed E-state index contributed by atoms with van der Waals surface area (Å²) < 4.78 is 0. The second-order valence-corrected chi connectivity index (χ2v) is 5.64. The van der Waals surface area contributed by atoms with Crippen LogP contribution in [0.2, 0.25) is 0 Å². The van der Waals surface area contributed by atoms with Gasteiger partial charge in [0.05, 0.1) is 0 Å². The third-order valence-corrected chi connectivity index (χ3v) is 4.14. The number of para-hydroxylation sites is 2. The number of nitrogens with zero attached hydrogens (tertiary/aromatic N) is 1. The fraction of sp³-hybridized carbons (Fsp3) is 0.278. The highest BCUT2D eigenvalue weighted by molar-refractivity contribution is 5.96. The van der Waals surface area contributed by atoms with E-state index in [1.165, 1.54) is 5.56 Å². The van der Waals surface area contributed by atoms with Crippen LogP contribution in [0.15, 0.2) is 48.5 Å². The van der Waals surface area contributed by atoms with Gasteiger partial charge >= 0.3 is 0 Å². The van der Waals surface area contributed by atoms with Gasteiger partial charge in [-0.3, -0.25) is 4.79 Å². The van der Waals surface area contributed by atoms with Crippen molar-refractivity contribution in [3.8, 4) is 0 Å². The van der Waals surface area contributed by atoms with Crippen molar-refractivity contribution in [1.82, 2.24) is 0 Å². The first-order chi connectivity index (χ1) is 10.2. The third kappa shape index (κ3) is 2.64. The molecule has 3 rings (SSSR count). The molecular weight excluding hydrogens is 260 g/mol. The number of amides is 1. The van der Waals surface area contributed by atoms with Crippen molar-refractivity contribution in [3.05, 3.63) is 59.7 Å². The first-order valence-electron chi connectivity index (χ1n) is 7.40. The first kappa shape index (κ1) is 13.7. The molecular formula is C18H20N2O. The van der Waals surface area contributed by atoms with E-state index in [4.69, 9.17) is 5.73 Å². The van der Waals surface area contributed by atoms with Crippen molar-refractivity contribution in [2.75, 3.05) is 10.6 Å². The summed E-state index contributed by atoms with van der Waals surface area (Å²) in [7, 11) is 0. The molecule has 21 heavy (non-hydrogen) atoms. The molecule has 2 aromatic rings. The van der Waals surface area contributed by atoms with Crippen LogP contribution in [0.5, 0.6) is 0 Å². The third-order valence-electron chi connectivity index (χ3n) is 4.14. The molecule has 0 aliphatic carbocycles. The van der Waals surface area contributed by atoms with Gasteiger partial charge in [0.1, 0.15) is 0 Å². The highest BCUT2D eigenvalue weighted by atomic mass is 16.2. The molecule has 1 unspecified atom stereocenters. The zero-order valence-corrected chi connectivity index (χ0v) is 12.3. The quantitative estimate of drug-likeness (QED) is 0.878. The number of benzene rings is 2. The SMILES string of the molecule is CC1Cc2ccccc2N1C(=O)CCc1ccccc1N. The van der Waals surface area contributed by atoms with E-state index in [9.17, 15) is 4.79 Å². The summed E-state index contributed by atoms with van der Waals surface area (Å²) in [6.45, 7) is 2.11. The minimum atomic E-state index is 0.177. The molecule has 0 saturated heterocycles. The molecule has 0 fully saturated rings. The number of rotatable bonds is 3. The van der Waals surface area contributed by atoms with Crippen LogP contribution in [-0.2, 0) is 17.6 Å². The number of nitrogens with two attached hydrogens (primary N) is 1. The molecule has 0 spiro atoms. The van der Waals surface area contributed by atoms with Gasteiger partial charge < -0.3 is 10.6 Å². The topological polar surface area (TPSA) is 46.3 Å². The van der Waals surface area contributed by atoms with Crippen molar-refractivity contribution in [2.24, 2.45) is 0 Å². The summed E-state index contributed by atoms with van der Waals surface area (Å²) in [5, 5.41) is 0. The summed E-state index contributed by atoms with van der Waals surface area (Å²) in [6, 6.07) is 16.2. The minimum Gasteiger partial charge on any atom is -0.399 e. The van der Waals surface area contributed by atoms with Crippen LogP contribution in [0.4, 0.5) is 11.4 Å². The average Bonchev–Trinajstić information content (AvgIpc) is 2.82. The Bertz CT molecular complexity index is 666. The normalized spacial score (nSPS) is 16.8. The Morgan fingerprint density at radius 1 is 1.19 bits per heavy atom. The maximum absolute atomic E-state index is 12.6. The van der Waals surface area contributed by atoms with Crippen molar-refractivity contribution < 1.29 is 4.79 Å². The standard InChI is InChI=1S/C18H20N2O/c1-13-12-15-7-3-5-9-17(15)20(13)18(21)11-10-14-6-2-4-8-16(14)19/h2-9,13H,10-12,19H2,1H3. The second-order valence-electron chi connectivity index (χ2n) is 5.64. The van der Waals surface area contributed by atoms with E-state index >= 15 is 0 Å². The lowest BCUT2D eigenvalue weighted by molar-refractivity contribution is -0.118. The lowest BCUT2D eigenvalue weighted by Crippen LogP contribution is -2.35. The zero-order chi connectivity index (χ0) is 14.8. The van der Waals surface area contributed by atoms with Crippen LogP contribution >= 0.6 is 0 Å². The predicted octanol–water partition coefficient (Wildman–Crippen LogP) is 3.18. The molecule has 1 heterocycles. The summed E-state index contributed by atoms with van der Waals surface area (Å²) in [5.74, 6) is 0.177. The maximum atomic E-state index is 12.6. The highest BCUT2D eigenvalue weighted by Crippen LogP contribution is 2.32. The Morgan fingerprint density at radius 3 is 2.71 bits per heavy atom. The predicted molar refractivity (Wildman–Crippen MR) is 86.3 cm³/mol. The molecule has 1 atom stereocenters. The van der Waals surface area contributed by atoms with Crippen LogP contribution in [0.25, 0.3) is 0 Å². The van der Waals surface area contributed by atoms with Crippen molar-refractivity contribution in [2.45, 2.75) is 32.2 Å². The number of anilines is 2. The van der Waals surface area contributed by atoms with Gasteiger partial charge in [-0.1, -0.05) is 36.4 Å². The van der Waals surface area contributed by atoms with E-state index < -0.39 is 0 Å². The molecule has 1 amide bonds. The van der Waals surface area contributed by atoms with Crippen LogP contribution in [0.3, 0.4) is 0 Å². The van der Waals surface area contributed by atoms with E-state index in [1.807, 2.05) is 47.4 Å². The highest BCUT2D eigenvalue weighted by Gasteiger charge is 2.29. The molecule has 3 nitrogen and oxygen atoms in total. The van der Waals surface area contributed by atoms with Crippen LogP contribution in [0, 0.1) is 0 Å². The Labute approximate surface area is 125 Å². The van der Waals surface area contributed by atoms with E-state index in [2.05, 4.69) is 13.0 Å². The number of hydrogen-bond acceptors (Lipinski definition) is 2. The van der Waals surface area contributed by atoms with Gasteiger partial charge in [-0.25, -0.2) is 0 Å². The van der Waals surface area contributed by atoms with Gasteiger partial charge in [-0.2, -0.15) is 0 Å². The van der Waals surface area contributed by atoms with E-state index in [-0.39, 0.29) is 11.9 Å². The lowest BCUT2D eigenvalue weighted by Gasteiger charge is -2.23. The summed E-state index contributed by atoms with van der Waals surface area (Å²) in [5.41, 5.74) is 10.1. The van der Waals surface area contributed by atoms with Gasteiger partial charge in [0.2, 0.25) is 5.91 Å². The van der Waals surface area contributed by atoms with Crippen molar-refractivity contribution in [1.29, 1.82) is 0 Å². The number of carbonyl (C=O) groups is 1. The Kier molecular flexibility index (Phi) is 3.65. The molecule has 1 aliphatic heterocycles. The monoisotopic (exact) mass is 280 g/mol. The van der Waals surface area contributed by atoms with E-state index in [1.54, 1.807) is 0 Å². The minimum absolute atomic E-state index is 0.177. The maximum Gasteiger partial charge on any atom is 0.227 e. The Balaban J connectivity index is 1.73. The fourth-order valence-corrected chi connectivity index (χ4v) is 3.07. The number of aryl methyl sites for hydroxylation is 1. The van der Waals surface area contributed by atoms with Gasteiger partial charge in [0, 0.05) is 23.8 Å². The summed E-state index contributed by atoms with van der Waals surface area (Å²) in [6.07, 6.45) is 2.12. The number of fused-ring (bicyclic) bond motifs is 1. The smallest absolute Gasteiger partial charge is 0.227 e. The van der Waals surface area contributed by atoms with Gasteiger partial charge in [-0.15, -0.1) is 0 Å². The van der Waals surface area contributed by atoms with Crippen LogP contribution in [0.1, 0.15) is 24.5 Å². The van der Waals surface area contributed by atoms with E-state index in [0.29, 0.717) is 12.8 Å². The van der Waals surface area contributed by atoms with Crippen LogP contribution < -0.4 is 10.6 Å². The van der Waals surface area contributed by atoms with Crippen LogP contribution in [-0.4, -0.2) is 11.9 Å². The second kappa shape index (κ2) is 5.60. The summed E-state index contributed by atoms with van der Waals surface area (Å²) >= 11 is 0. The molecule has 2 N–H and O–H groups in total. The number of nitrogen functional groups attached to an aromatic ring is 1. The number of hydrogen-bond donors (Lipinski definition) is 1. The van der Waals surface area contributed by atoms with Gasteiger partial charge in [0.15, 0.2) is 0 Å². The molecule has 1 aliphatic rings. The molecule has 2 aromatic carbocycles. The van der Waals surface area contributed by atoms with Crippen molar-refractivity contribution in [3.63, 3.8) is 0 Å². The molecule has 108 valence electrons. The zero-order valence-electron chi connectivity index (χ0n) is 12.3. The largest absolute Gasteiger partial charge is 0.399 e. The molecule has 3 heteroatoms. The molecule has 0 radical (unpaired) electrons. The molecule has 0 saturated carbocycles. The number of carbonyl (C=O) groups excluding carboxylic acids is 1.